The molecule has 1 aromatic carbocycles. The maximum atomic E-state index is 11.3. The minimum absolute atomic E-state index is 0.387. The highest BCUT2D eigenvalue weighted by Gasteiger charge is 2.35. The minimum Gasteiger partial charge on any atom is -0.490 e. The second-order valence-electron chi connectivity index (χ2n) is 7.42. The first-order valence-electron chi connectivity index (χ1n) is 9.63. The van der Waals surface area contributed by atoms with Crippen LogP contribution >= 0.6 is 0 Å². The molecule has 2 fully saturated rings. The lowest BCUT2D eigenvalue weighted by Crippen LogP contribution is -2.37. The van der Waals surface area contributed by atoms with Crippen LogP contribution in [0.1, 0.15) is 31.2 Å². The van der Waals surface area contributed by atoms with Gasteiger partial charge in [0.25, 0.3) is 10.1 Å². The number of nitrogens with two attached hydrogens (primary N) is 1. The van der Waals surface area contributed by atoms with Gasteiger partial charge in [0.2, 0.25) is 0 Å². The smallest absolute Gasteiger partial charge is 0.405 e. The number of hydrogen-bond acceptors (Lipinski definition) is 6. The van der Waals surface area contributed by atoms with Crippen LogP contribution in [0.3, 0.4) is 0 Å². The van der Waals surface area contributed by atoms with Crippen LogP contribution in [0.15, 0.2) is 24.3 Å². The van der Waals surface area contributed by atoms with Crippen molar-refractivity contribution in [2.24, 2.45) is 11.7 Å². The fraction of sp³-hybridized carbons (Fsp3) is 0.684. The summed E-state index contributed by atoms with van der Waals surface area (Å²) in [7, 11) is -3.72. The summed E-state index contributed by atoms with van der Waals surface area (Å²) in [4.78, 5) is 2.52. The topological polar surface area (TPSA) is 81.9 Å². The summed E-state index contributed by atoms with van der Waals surface area (Å²) in [6.07, 6.45) is 0.599. The molecular formula is C19H29F3N2O4S. The number of likely N-dealkylation sites (tertiary alicyclic amines) is 1. The Bertz CT molecular complexity index is 714. The van der Waals surface area contributed by atoms with Crippen LogP contribution in [0.4, 0.5) is 13.2 Å². The lowest BCUT2D eigenvalue weighted by atomic mass is 9.82. The molecule has 1 saturated heterocycles. The van der Waals surface area contributed by atoms with Gasteiger partial charge >= 0.3 is 6.18 Å². The van der Waals surface area contributed by atoms with Crippen molar-refractivity contribution in [2.75, 3.05) is 32.5 Å². The van der Waals surface area contributed by atoms with Crippen LogP contribution in [0.25, 0.3) is 0 Å². The predicted molar refractivity (Wildman–Crippen MR) is 104 cm³/mol. The third-order valence-electron chi connectivity index (χ3n) is 4.95. The summed E-state index contributed by atoms with van der Waals surface area (Å²) in [6.45, 7) is 4.38. The molecule has 0 aromatic heterocycles. The molecule has 0 amide bonds. The first-order valence-corrected chi connectivity index (χ1v) is 11.2. The van der Waals surface area contributed by atoms with Crippen LogP contribution < -0.4 is 10.5 Å². The average Bonchev–Trinajstić information content (AvgIpc) is 3.11. The van der Waals surface area contributed by atoms with E-state index in [1.807, 2.05) is 0 Å². The van der Waals surface area contributed by atoms with E-state index in [9.17, 15) is 21.6 Å². The molecule has 0 bridgehead atoms. The van der Waals surface area contributed by atoms with Gasteiger partial charge in [-0.15, -0.1) is 0 Å². The molecule has 1 saturated carbocycles. The Morgan fingerprint density at radius 1 is 1.14 bits per heavy atom. The number of alkyl halides is 3. The van der Waals surface area contributed by atoms with Crippen LogP contribution in [-0.2, 0) is 20.8 Å². The largest absolute Gasteiger partial charge is 0.490 e. The lowest BCUT2D eigenvalue weighted by molar-refractivity contribution is -0.107. The first kappa shape index (κ1) is 23.9. The number of ether oxygens (including phenoxy) is 1. The molecule has 3 rings (SSSR count). The summed E-state index contributed by atoms with van der Waals surface area (Å²) in [5.74, 6) is -0.249. The Morgan fingerprint density at radius 2 is 1.72 bits per heavy atom. The van der Waals surface area contributed by atoms with Crippen molar-refractivity contribution in [1.82, 2.24) is 4.90 Å². The second-order valence-corrected chi connectivity index (χ2v) is 9.16. The Hall–Kier alpha value is -1.36. The summed E-state index contributed by atoms with van der Waals surface area (Å²) >= 11 is 0. The normalized spacial score (nSPS) is 22.5. The van der Waals surface area contributed by atoms with Crippen molar-refractivity contribution < 1.29 is 30.5 Å². The minimum atomic E-state index is -4.73. The van der Waals surface area contributed by atoms with E-state index in [-0.39, 0.29) is 0 Å². The van der Waals surface area contributed by atoms with Crippen molar-refractivity contribution in [2.45, 2.75) is 44.5 Å². The van der Waals surface area contributed by atoms with Gasteiger partial charge in [0, 0.05) is 6.54 Å². The molecule has 2 aliphatic rings. The van der Waals surface area contributed by atoms with E-state index in [0.29, 0.717) is 19.1 Å². The van der Waals surface area contributed by atoms with Crippen molar-refractivity contribution in [3.8, 4) is 5.75 Å². The molecule has 1 aliphatic carbocycles. The fourth-order valence-electron chi connectivity index (χ4n) is 3.29. The molecule has 6 nitrogen and oxygen atoms in total. The SMILES string of the molecule is COS(=O)(=O)CC(F)(F)F.NCC1CC(Oc2ccc(CN3CCCC3)cc2)C1. The highest BCUT2D eigenvalue weighted by molar-refractivity contribution is 7.86. The monoisotopic (exact) mass is 438 g/mol. The van der Waals surface area contributed by atoms with Crippen molar-refractivity contribution in [1.29, 1.82) is 0 Å². The summed E-state index contributed by atoms with van der Waals surface area (Å²) < 4.78 is 63.5. The van der Waals surface area contributed by atoms with Gasteiger partial charge in [0.05, 0.1) is 13.2 Å². The highest BCUT2D eigenvalue weighted by Crippen LogP contribution is 2.30. The summed E-state index contributed by atoms with van der Waals surface area (Å²) in [5.41, 5.74) is 7.02. The van der Waals surface area contributed by atoms with E-state index >= 15 is 0 Å². The Balaban J connectivity index is 0.000000257. The van der Waals surface area contributed by atoms with E-state index in [1.165, 1.54) is 31.5 Å². The third-order valence-corrected chi connectivity index (χ3v) is 6.14. The first-order chi connectivity index (χ1) is 13.6. The number of nitrogens with zero attached hydrogens (tertiary/aromatic N) is 1. The van der Waals surface area contributed by atoms with Gasteiger partial charge in [0.15, 0.2) is 5.75 Å². The molecule has 0 unspecified atom stereocenters. The van der Waals surface area contributed by atoms with Crippen LogP contribution in [0.2, 0.25) is 0 Å². The number of halogens is 3. The molecule has 1 aliphatic heterocycles. The van der Waals surface area contributed by atoms with E-state index in [4.69, 9.17) is 10.5 Å². The quantitative estimate of drug-likeness (QED) is 0.660. The average molecular weight is 439 g/mol. The predicted octanol–water partition coefficient (Wildman–Crippen LogP) is 2.92. The van der Waals surface area contributed by atoms with Gasteiger partial charge in [-0.2, -0.15) is 21.6 Å². The van der Waals surface area contributed by atoms with Crippen LogP contribution in [0.5, 0.6) is 5.75 Å². The Labute approximate surface area is 170 Å². The van der Waals surface area contributed by atoms with Crippen LogP contribution in [-0.4, -0.2) is 58.1 Å². The second kappa shape index (κ2) is 10.6. The zero-order chi connectivity index (χ0) is 21.5. The zero-order valence-electron chi connectivity index (χ0n) is 16.5. The molecule has 2 N–H and O–H groups in total. The van der Waals surface area contributed by atoms with E-state index in [2.05, 4.69) is 33.3 Å². The molecule has 10 heteroatoms. The molecule has 166 valence electrons. The van der Waals surface area contributed by atoms with Gasteiger partial charge < -0.3 is 10.5 Å². The van der Waals surface area contributed by atoms with E-state index in [1.54, 1.807) is 0 Å². The molecule has 1 aromatic rings. The van der Waals surface area contributed by atoms with Gasteiger partial charge in [-0.05, 0) is 68.9 Å². The standard InChI is InChI=1S/C16H24N2O.C3H5F3O3S/c17-11-14-9-16(10-14)19-15-5-3-13(4-6-15)12-18-7-1-2-8-18;1-9-10(7,8)2-3(4,5)6/h3-6,14,16H,1-2,7-12,17H2;2H2,1H3. The molecule has 0 spiro atoms. The Morgan fingerprint density at radius 3 is 2.17 bits per heavy atom. The van der Waals surface area contributed by atoms with Crippen molar-refractivity contribution >= 4 is 10.1 Å². The number of rotatable bonds is 7. The Kier molecular flexibility index (Phi) is 8.74. The van der Waals surface area contributed by atoms with Gasteiger partial charge in [-0.1, -0.05) is 12.1 Å². The summed E-state index contributed by atoms with van der Waals surface area (Å²) in [6, 6.07) is 8.63. The maximum absolute atomic E-state index is 11.3. The summed E-state index contributed by atoms with van der Waals surface area (Å²) in [5, 5.41) is 0. The van der Waals surface area contributed by atoms with Gasteiger partial charge in [-0.3, -0.25) is 9.08 Å². The van der Waals surface area contributed by atoms with Gasteiger partial charge in [0.1, 0.15) is 5.75 Å². The number of benzene rings is 1. The van der Waals surface area contributed by atoms with Gasteiger partial charge in [-0.25, -0.2) is 0 Å². The lowest BCUT2D eigenvalue weighted by Gasteiger charge is -2.34. The van der Waals surface area contributed by atoms with Crippen molar-refractivity contribution in [3.05, 3.63) is 29.8 Å². The van der Waals surface area contributed by atoms with E-state index < -0.39 is 22.0 Å². The third kappa shape index (κ3) is 8.90. The van der Waals surface area contributed by atoms with Crippen molar-refractivity contribution in [3.63, 3.8) is 0 Å². The molecule has 1 heterocycles. The fourth-order valence-corrected chi connectivity index (χ4v) is 3.81. The molecule has 29 heavy (non-hydrogen) atoms. The zero-order valence-corrected chi connectivity index (χ0v) is 17.3. The molecular weight excluding hydrogens is 409 g/mol. The highest BCUT2D eigenvalue weighted by atomic mass is 32.2. The van der Waals surface area contributed by atoms with E-state index in [0.717, 1.165) is 31.7 Å². The van der Waals surface area contributed by atoms with Crippen LogP contribution in [0, 0.1) is 5.92 Å². The molecule has 0 atom stereocenters. The number of hydrogen-bond donors (Lipinski definition) is 1. The maximum Gasteiger partial charge on any atom is 0.405 e. The molecule has 0 radical (unpaired) electrons.